The molecule has 1 heterocycles. The fraction of sp³-hybridized carbons (Fsp3) is 0.300. The Morgan fingerprint density at radius 1 is 1.19 bits per heavy atom. The summed E-state index contributed by atoms with van der Waals surface area (Å²) in [5.74, 6) is -1.19. The van der Waals surface area contributed by atoms with E-state index < -0.39 is 12.6 Å². The molecule has 1 atom stereocenters. The minimum atomic E-state index is -0.771. The van der Waals surface area contributed by atoms with Crippen molar-refractivity contribution in [1.82, 2.24) is 0 Å². The Bertz CT molecular complexity index is 833. The third-order valence-corrected chi connectivity index (χ3v) is 4.56. The van der Waals surface area contributed by atoms with E-state index in [4.69, 9.17) is 9.47 Å². The maximum absolute atomic E-state index is 12.7. The monoisotopic (exact) mass is 355 g/mol. The summed E-state index contributed by atoms with van der Waals surface area (Å²) in [6.45, 7) is 1.58. The standard InChI is InChI=1S/C20H21NO5/c1-13-10-11-14-6-3-4-8-16(14)21(13)18(22)12-26-20(24)15-7-5-9-17(25-2)19(15)23/h3-9,13,23H,10-12H2,1-2H3. The maximum atomic E-state index is 12.7. The van der Waals surface area contributed by atoms with E-state index in [1.165, 1.54) is 19.2 Å². The Kier molecular flexibility index (Phi) is 5.11. The Morgan fingerprint density at radius 2 is 1.96 bits per heavy atom. The molecule has 6 heteroatoms. The smallest absolute Gasteiger partial charge is 0.342 e. The third kappa shape index (κ3) is 3.35. The number of aromatic hydroxyl groups is 1. The van der Waals surface area contributed by atoms with E-state index in [-0.39, 0.29) is 29.0 Å². The third-order valence-electron chi connectivity index (χ3n) is 4.56. The number of hydrogen-bond donors (Lipinski definition) is 1. The van der Waals surface area contributed by atoms with Gasteiger partial charge in [-0.1, -0.05) is 24.3 Å². The average Bonchev–Trinajstić information content (AvgIpc) is 2.66. The number of phenols is 1. The number of carbonyl (C=O) groups is 2. The van der Waals surface area contributed by atoms with E-state index in [1.54, 1.807) is 11.0 Å². The predicted molar refractivity (Wildman–Crippen MR) is 96.7 cm³/mol. The molecule has 136 valence electrons. The lowest BCUT2D eigenvalue weighted by Gasteiger charge is -2.35. The van der Waals surface area contributed by atoms with Crippen LogP contribution >= 0.6 is 0 Å². The van der Waals surface area contributed by atoms with Crippen LogP contribution in [-0.2, 0) is 16.0 Å². The van der Waals surface area contributed by atoms with Crippen molar-refractivity contribution in [1.29, 1.82) is 0 Å². The first-order valence-corrected chi connectivity index (χ1v) is 8.46. The van der Waals surface area contributed by atoms with Crippen LogP contribution in [-0.4, -0.2) is 36.7 Å². The highest BCUT2D eigenvalue weighted by Crippen LogP contribution is 2.31. The molecular formula is C20H21NO5. The zero-order chi connectivity index (χ0) is 18.7. The molecule has 1 N–H and O–H groups in total. The topological polar surface area (TPSA) is 76.1 Å². The van der Waals surface area contributed by atoms with Crippen LogP contribution in [0.4, 0.5) is 5.69 Å². The van der Waals surface area contributed by atoms with Gasteiger partial charge in [-0.25, -0.2) is 4.79 Å². The second kappa shape index (κ2) is 7.47. The van der Waals surface area contributed by atoms with Crippen molar-refractivity contribution >= 4 is 17.6 Å². The van der Waals surface area contributed by atoms with E-state index in [0.29, 0.717) is 0 Å². The molecule has 0 saturated heterocycles. The molecule has 6 nitrogen and oxygen atoms in total. The molecule has 3 rings (SSSR count). The minimum absolute atomic E-state index is 0.0290. The number of fused-ring (bicyclic) bond motifs is 1. The second-order valence-electron chi connectivity index (χ2n) is 6.21. The molecule has 0 spiro atoms. The molecule has 0 aromatic heterocycles. The summed E-state index contributed by atoms with van der Waals surface area (Å²) in [5.41, 5.74) is 1.93. The normalized spacial score (nSPS) is 15.9. The highest BCUT2D eigenvalue weighted by molar-refractivity contribution is 5.99. The van der Waals surface area contributed by atoms with E-state index in [0.717, 1.165) is 24.1 Å². The lowest BCUT2D eigenvalue weighted by Crippen LogP contribution is -2.44. The number of methoxy groups -OCH3 is 1. The van der Waals surface area contributed by atoms with Crippen LogP contribution < -0.4 is 9.64 Å². The number of aryl methyl sites for hydroxylation is 1. The Hall–Kier alpha value is -3.02. The lowest BCUT2D eigenvalue weighted by atomic mass is 9.96. The van der Waals surface area contributed by atoms with E-state index in [2.05, 4.69) is 0 Å². The molecule has 1 aliphatic rings. The molecule has 2 aromatic rings. The number of amides is 1. The molecule has 0 fully saturated rings. The van der Waals surface area contributed by atoms with Crippen molar-refractivity contribution in [3.63, 3.8) is 0 Å². The van der Waals surface area contributed by atoms with E-state index in [9.17, 15) is 14.7 Å². The summed E-state index contributed by atoms with van der Waals surface area (Å²) >= 11 is 0. The number of hydrogen-bond acceptors (Lipinski definition) is 5. The van der Waals surface area contributed by atoms with Crippen LogP contribution in [0.3, 0.4) is 0 Å². The zero-order valence-corrected chi connectivity index (χ0v) is 14.8. The highest BCUT2D eigenvalue weighted by Gasteiger charge is 2.29. The SMILES string of the molecule is COc1cccc(C(=O)OCC(=O)N2c3ccccc3CCC2C)c1O. The van der Waals surface area contributed by atoms with Gasteiger partial charge in [0.05, 0.1) is 7.11 Å². The van der Waals surface area contributed by atoms with Gasteiger partial charge in [-0.05, 0) is 43.5 Å². The maximum Gasteiger partial charge on any atom is 0.342 e. The van der Waals surface area contributed by atoms with Gasteiger partial charge in [-0.3, -0.25) is 4.79 Å². The van der Waals surface area contributed by atoms with E-state index >= 15 is 0 Å². The van der Waals surface area contributed by atoms with Crippen molar-refractivity contribution in [3.05, 3.63) is 53.6 Å². The number of anilines is 1. The van der Waals surface area contributed by atoms with Gasteiger partial charge in [-0.2, -0.15) is 0 Å². The minimum Gasteiger partial charge on any atom is -0.504 e. The molecule has 2 aromatic carbocycles. The molecule has 1 unspecified atom stereocenters. The molecule has 26 heavy (non-hydrogen) atoms. The van der Waals surface area contributed by atoms with Crippen LogP contribution in [0, 0.1) is 0 Å². The van der Waals surface area contributed by atoms with E-state index in [1.807, 2.05) is 31.2 Å². The molecule has 1 aliphatic heterocycles. The molecule has 0 bridgehead atoms. The van der Waals surface area contributed by atoms with Crippen LogP contribution in [0.1, 0.15) is 29.3 Å². The number of esters is 1. The first kappa shape index (κ1) is 17.8. The first-order valence-electron chi connectivity index (χ1n) is 8.46. The van der Waals surface area contributed by atoms with Crippen molar-refractivity contribution in [2.45, 2.75) is 25.8 Å². The molecular weight excluding hydrogens is 334 g/mol. The second-order valence-corrected chi connectivity index (χ2v) is 6.21. The fourth-order valence-corrected chi connectivity index (χ4v) is 3.19. The summed E-state index contributed by atoms with van der Waals surface area (Å²) in [6, 6.07) is 12.3. The van der Waals surface area contributed by atoms with Gasteiger partial charge < -0.3 is 19.5 Å². The summed E-state index contributed by atoms with van der Waals surface area (Å²) < 4.78 is 10.1. The Balaban J connectivity index is 1.72. The number of carbonyl (C=O) groups excluding carboxylic acids is 2. The van der Waals surface area contributed by atoms with Crippen molar-refractivity contribution in [3.8, 4) is 11.5 Å². The summed E-state index contributed by atoms with van der Waals surface area (Å²) in [5, 5.41) is 10.0. The predicted octanol–water partition coefficient (Wildman–Crippen LogP) is 2.93. The van der Waals surface area contributed by atoms with Crippen molar-refractivity contribution in [2.75, 3.05) is 18.6 Å². The number of benzene rings is 2. The quantitative estimate of drug-likeness (QED) is 0.854. The number of phenolic OH excluding ortho intramolecular Hbond substituents is 1. The zero-order valence-electron chi connectivity index (χ0n) is 14.8. The number of nitrogens with zero attached hydrogens (tertiary/aromatic N) is 1. The van der Waals surface area contributed by atoms with Crippen molar-refractivity contribution < 1.29 is 24.2 Å². The summed E-state index contributed by atoms with van der Waals surface area (Å²) in [6.07, 6.45) is 1.77. The molecule has 0 aliphatic carbocycles. The molecule has 0 radical (unpaired) electrons. The highest BCUT2D eigenvalue weighted by atomic mass is 16.5. The van der Waals surface area contributed by atoms with Gasteiger partial charge >= 0.3 is 5.97 Å². The van der Waals surface area contributed by atoms with Gasteiger partial charge in [0.25, 0.3) is 5.91 Å². The van der Waals surface area contributed by atoms with Gasteiger partial charge in [0.1, 0.15) is 5.56 Å². The van der Waals surface area contributed by atoms with Crippen LogP contribution in [0.2, 0.25) is 0 Å². The Morgan fingerprint density at radius 3 is 2.73 bits per heavy atom. The van der Waals surface area contributed by atoms with Gasteiger partial charge in [0.15, 0.2) is 18.1 Å². The van der Waals surface area contributed by atoms with Crippen molar-refractivity contribution in [2.24, 2.45) is 0 Å². The average molecular weight is 355 g/mol. The first-order chi connectivity index (χ1) is 12.5. The van der Waals surface area contributed by atoms with Crippen LogP contribution in [0.15, 0.2) is 42.5 Å². The van der Waals surface area contributed by atoms with Gasteiger partial charge in [-0.15, -0.1) is 0 Å². The number of rotatable bonds is 4. The number of para-hydroxylation sites is 2. The molecule has 1 amide bonds. The van der Waals surface area contributed by atoms with Gasteiger partial charge in [0, 0.05) is 11.7 Å². The van der Waals surface area contributed by atoms with Crippen LogP contribution in [0.25, 0.3) is 0 Å². The fourth-order valence-electron chi connectivity index (χ4n) is 3.19. The Labute approximate surface area is 152 Å². The van der Waals surface area contributed by atoms with Gasteiger partial charge in [0.2, 0.25) is 0 Å². The van der Waals surface area contributed by atoms with Crippen LogP contribution in [0.5, 0.6) is 11.5 Å². The lowest BCUT2D eigenvalue weighted by molar-refractivity contribution is -0.122. The summed E-state index contributed by atoms with van der Waals surface area (Å²) in [7, 11) is 1.39. The largest absolute Gasteiger partial charge is 0.504 e. The summed E-state index contributed by atoms with van der Waals surface area (Å²) in [4.78, 5) is 26.6. The number of ether oxygens (including phenoxy) is 2. The molecule has 0 saturated carbocycles.